The maximum atomic E-state index is 12.7. The highest BCUT2D eigenvalue weighted by molar-refractivity contribution is 6.31. The Labute approximate surface area is 174 Å². The zero-order valence-corrected chi connectivity index (χ0v) is 18.0. The Morgan fingerprint density at radius 2 is 1.76 bits per heavy atom. The fourth-order valence-corrected chi connectivity index (χ4v) is 4.13. The lowest BCUT2D eigenvalue weighted by molar-refractivity contribution is -0.143. The van der Waals surface area contributed by atoms with Crippen molar-refractivity contribution in [2.75, 3.05) is 14.2 Å². The number of aryl methyl sites for hydroxylation is 2. The number of hydrogen-bond acceptors (Lipinski definition) is 6. The summed E-state index contributed by atoms with van der Waals surface area (Å²) in [5, 5.41) is 1.10. The van der Waals surface area contributed by atoms with E-state index in [1.807, 2.05) is 32.0 Å². The van der Waals surface area contributed by atoms with Crippen LogP contribution in [0.2, 0.25) is 5.15 Å². The van der Waals surface area contributed by atoms with Crippen molar-refractivity contribution in [2.24, 2.45) is 10.9 Å². The Bertz CT molecular complexity index is 1090. The first-order valence-corrected chi connectivity index (χ1v) is 9.57. The molecule has 0 N–H and O–H groups in total. The molecule has 29 heavy (non-hydrogen) atoms. The van der Waals surface area contributed by atoms with Gasteiger partial charge in [0.05, 0.1) is 25.3 Å². The van der Waals surface area contributed by atoms with Crippen LogP contribution >= 0.6 is 11.6 Å². The molecule has 0 saturated heterocycles. The van der Waals surface area contributed by atoms with Crippen molar-refractivity contribution in [3.8, 4) is 0 Å². The number of fused-ring (bicyclic) bond motifs is 1. The predicted molar refractivity (Wildman–Crippen MR) is 112 cm³/mol. The first kappa shape index (κ1) is 21.0. The molecule has 0 fully saturated rings. The second-order valence-electron chi connectivity index (χ2n) is 7.17. The quantitative estimate of drug-likeness (QED) is 0.552. The minimum atomic E-state index is -0.805. The summed E-state index contributed by atoms with van der Waals surface area (Å²) in [6, 6.07) is 5.84. The minimum absolute atomic E-state index is 0.231. The number of aliphatic imine (C=N–C) groups is 1. The molecule has 1 unspecified atom stereocenters. The third-order valence-corrected chi connectivity index (χ3v) is 5.82. The van der Waals surface area contributed by atoms with Crippen LogP contribution in [0.15, 0.2) is 34.5 Å². The Hall–Kier alpha value is -2.73. The van der Waals surface area contributed by atoms with E-state index in [-0.39, 0.29) is 10.7 Å². The third-order valence-electron chi connectivity index (χ3n) is 5.52. The van der Waals surface area contributed by atoms with Gasteiger partial charge in [-0.15, -0.1) is 0 Å². The molecule has 0 amide bonds. The number of methoxy groups -OCH3 is 2. The summed E-state index contributed by atoms with van der Waals surface area (Å²) in [6.45, 7) is 7.45. The summed E-state index contributed by atoms with van der Waals surface area (Å²) in [4.78, 5) is 34.3. The van der Waals surface area contributed by atoms with E-state index in [0.29, 0.717) is 17.0 Å². The number of carbonyl (C=O) groups excluding carboxylic acids is 2. The number of esters is 2. The molecule has 152 valence electrons. The number of hydrogen-bond donors (Lipinski definition) is 0. The van der Waals surface area contributed by atoms with Gasteiger partial charge in [-0.2, -0.15) is 0 Å². The monoisotopic (exact) mass is 414 g/mol. The van der Waals surface area contributed by atoms with Gasteiger partial charge in [-0.3, -0.25) is 9.79 Å². The lowest BCUT2D eigenvalue weighted by atomic mass is 9.75. The van der Waals surface area contributed by atoms with Crippen LogP contribution in [0.4, 0.5) is 0 Å². The van der Waals surface area contributed by atoms with Gasteiger partial charge in [-0.05, 0) is 50.5 Å². The second kappa shape index (κ2) is 7.95. The summed E-state index contributed by atoms with van der Waals surface area (Å²) < 4.78 is 10.0. The molecule has 0 bridgehead atoms. The van der Waals surface area contributed by atoms with Crippen LogP contribution in [0.1, 0.15) is 36.5 Å². The Morgan fingerprint density at radius 1 is 1.07 bits per heavy atom. The minimum Gasteiger partial charge on any atom is -0.468 e. The van der Waals surface area contributed by atoms with Gasteiger partial charge in [0.25, 0.3) is 0 Å². The van der Waals surface area contributed by atoms with E-state index in [1.54, 1.807) is 13.8 Å². The van der Waals surface area contributed by atoms with Gasteiger partial charge in [0.2, 0.25) is 0 Å². The highest BCUT2D eigenvalue weighted by Crippen LogP contribution is 2.43. The molecule has 2 aromatic rings. The number of benzene rings is 1. The third kappa shape index (κ3) is 3.53. The number of aromatic nitrogens is 1. The highest BCUT2D eigenvalue weighted by Gasteiger charge is 2.43. The molecule has 1 aliphatic heterocycles. The number of rotatable bonds is 3. The van der Waals surface area contributed by atoms with Crippen LogP contribution in [-0.2, 0) is 19.1 Å². The molecular formula is C22H23ClN2O4. The van der Waals surface area contributed by atoms with Crippen molar-refractivity contribution in [3.63, 3.8) is 0 Å². The van der Waals surface area contributed by atoms with Crippen molar-refractivity contribution in [3.05, 3.63) is 51.3 Å². The lowest BCUT2D eigenvalue weighted by Crippen LogP contribution is -2.36. The molecule has 2 atom stereocenters. The molecule has 1 aromatic heterocycles. The highest BCUT2D eigenvalue weighted by atomic mass is 35.5. The van der Waals surface area contributed by atoms with E-state index >= 15 is 0 Å². The summed E-state index contributed by atoms with van der Waals surface area (Å²) in [7, 11) is 2.60. The maximum Gasteiger partial charge on any atom is 0.336 e. The molecule has 1 aliphatic rings. The Balaban J connectivity index is 2.32. The van der Waals surface area contributed by atoms with Gasteiger partial charge in [-0.25, -0.2) is 9.78 Å². The van der Waals surface area contributed by atoms with Gasteiger partial charge < -0.3 is 9.47 Å². The van der Waals surface area contributed by atoms with E-state index in [0.717, 1.165) is 22.0 Å². The van der Waals surface area contributed by atoms with E-state index < -0.39 is 23.8 Å². The molecule has 6 nitrogen and oxygen atoms in total. The van der Waals surface area contributed by atoms with Gasteiger partial charge in [0.1, 0.15) is 11.1 Å². The van der Waals surface area contributed by atoms with Crippen LogP contribution in [-0.4, -0.2) is 36.9 Å². The predicted octanol–water partition coefficient (Wildman–Crippen LogP) is 4.30. The zero-order valence-electron chi connectivity index (χ0n) is 17.3. The van der Waals surface area contributed by atoms with Crippen molar-refractivity contribution in [1.82, 2.24) is 4.98 Å². The van der Waals surface area contributed by atoms with E-state index in [1.165, 1.54) is 14.2 Å². The Kier molecular flexibility index (Phi) is 5.75. The van der Waals surface area contributed by atoms with Crippen LogP contribution in [0.5, 0.6) is 0 Å². The van der Waals surface area contributed by atoms with Crippen LogP contribution in [0, 0.1) is 19.8 Å². The summed E-state index contributed by atoms with van der Waals surface area (Å²) in [5.74, 6) is -2.57. The number of carbonyl (C=O) groups is 2. The zero-order chi connectivity index (χ0) is 21.5. The fraction of sp³-hybridized carbons (Fsp3) is 0.364. The van der Waals surface area contributed by atoms with E-state index in [2.05, 4.69) is 9.98 Å². The van der Waals surface area contributed by atoms with Crippen molar-refractivity contribution < 1.29 is 19.1 Å². The number of allylic oxidation sites excluding steroid dienone is 1. The van der Waals surface area contributed by atoms with Crippen molar-refractivity contribution in [1.29, 1.82) is 0 Å². The number of nitrogens with zero attached hydrogens (tertiary/aromatic N) is 2. The first-order valence-electron chi connectivity index (χ1n) is 9.19. The topological polar surface area (TPSA) is 77.8 Å². The molecule has 0 spiro atoms. The molecular weight excluding hydrogens is 392 g/mol. The molecule has 7 heteroatoms. The summed E-state index contributed by atoms with van der Waals surface area (Å²) in [5.41, 5.74) is 4.79. The van der Waals surface area contributed by atoms with Gasteiger partial charge in [0, 0.05) is 22.7 Å². The van der Waals surface area contributed by atoms with Crippen LogP contribution in [0.25, 0.3) is 10.9 Å². The normalized spacial score (nSPS) is 19.2. The largest absolute Gasteiger partial charge is 0.468 e. The molecule has 0 aliphatic carbocycles. The van der Waals surface area contributed by atoms with Gasteiger partial charge in [-0.1, -0.05) is 23.7 Å². The molecule has 2 heterocycles. The number of halogens is 1. The molecule has 3 rings (SSSR count). The SMILES string of the molecule is COC(=O)C1=C(C)N=C(C)C(C(=O)OC)[C@H]1c1cc2ccc(C)c(C)c2nc1Cl. The average molecular weight is 415 g/mol. The lowest BCUT2D eigenvalue weighted by Gasteiger charge is -2.31. The maximum absolute atomic E-state index is 12.7. The first-order chi connectivity index (χ1) is 13.7. The second-order valence-corrected chi connectivity index (χ2v) is 7.53. The smallest absolute Gasteiger partial charge is 0.336 e. The van der Waals surface area contributed by atoms with Gasteiger partial charge >= 0.3 is 11.9 Å². The van der Waals surface area contributed by atoms with Crippen LogP contribution < -0.4 is 0 Å². The van der Waals surface area contributed by atoms with Crippen molar-refractivity contribution >= 4 is 40.2 Å². The van der Waals surface area contributed by atoms with Crippen molar-refractivity contribution in [2.45, 2.75) is 33.6 Å². The van der Waals surface area contributed by atoms with E-state index in [9.17, 15) is 9.59 Å². The van der Waals surface area contributed by atoms with Crippen LogP contribution in [0.3, 0.4) is 0 Å². The molecule has 0 saturated carbocycles. The average Bonchev–Trinajstić information content (AvgIpc) is 2.69. The molecule has 1 aromatic carbocycles. The van der Waals surface area contributed by atoms with Gasteiger partial charge in [0.15, 0.2) is 0 Å². The Morgan fingerprint density at radius 3 is 2.38 bits per heavy atom. The standard InChI is InChI=1S/C22H23ClN2O4/c1-10-7-8-14-9-15(20(23)25-19(14)11(10)2)18-16(21(26)28-5)12(3)24-13(4)17(18)22(27)29-6/h7-9,16,18H,1-6H3/t16?,18-/m1/s1. The summed E-state index contributed by atoms with van der Waals surface area (Å²) in [6.07, 6.45) is 0. The number of pyridine rings is 1. The molecule has 0 radical (unpaired) electrons. The van der Waals surface area contributed by atoms with E-state index in [4.69, 9.17) is 21.1 Å². The summed E-state index contributed by atoms with van der Waals surface area (Å²) >= 11 is 6.60. The fourth-order valence-electron chi connectivity index (χ4n) is 3.88. The number of ether oxygens (including phenoxy) is 2.